The highest BCUT2D eigenvalue weighted by atomic mass is 32.2. The molecule has 2 rings (SSSR count). The molecule has 0 aromatic heterocycles. The van der Waals surface area contributed by atoms with Crippen molar-refractivity contribution >= 4 is 21.6 Å². The van der Waals surface area contributed by atoms with Crippen LogP contribution in [0.25, 0.3) is 0 Å². The number of nitrogens with one attached hydrogen (secondary N) is 1. The van der Waals surface area contributed by atoms with Gasteiger partial charge in [-0.1, -0.05) is 52.0 Å². The fraction of sp³-hybridized carbons (Fsp3) is 0.435. The number of benzene rings is 2. The van der Waals surface area contributed by atoms with Gasteiger partial charge in [-0.3, -0.25) is 9.10 Å². The lowest BCUT2D eigenvalue weighted by molar-refractivity contribution is -0.122. The molecule has 0 aliphatic rings. The van der Waals surface area contributed by atoms with E-state index in [2.05, 4.69) is 26.1 Å². The molecule has 0 aliphatic heterocycles. The number of rotatable bonds is 9. The van der Waals surface area contributed by atoms with Gasteiger partial charge in [-0.25, -0.2) is 12.8 Å². The van der Waals surface area contributed by atoms with E-state index >= 15 is 0 Å². The molecule has 0 fully saturated rings. The van der Waals surface area contributed by atoms with Crippen molar-refractivity contribution in [2.24, 2.45) is 0 Å². The highest BCUT2D eigenvalue weighted by molar-refractivity contribution is 7.92. The molecular formula is C23H31FN2O4S. The van der Waals surface area contributed by atoms with E-state index in [1.165, 1.54) is 23.8 Å². The van der Waals surface area contributed by atoms with Gasteiger partial charge >= 0.3 is 0 Å². The summed E-state index contributed by atoms with van der Waals surface area (Å²) >= 11 is 0. The summed E-state index contributed by atoms with van der Waals surface area (Å²) in [5.74, 6) is -0.539. The Hall–Kier alpha value is -2.61. The van der Waals surface area contributed by atoms with E-state index in [4.69, 9.17) is 4.74 Å². The number of ether oxygens (including phenoxy) is 1. The number of hydrogen-bond donors (Lipinski definition) is 1. The van der Waals surface area contributed by atoms with Gasteiger partial charge in [-0.15, -0.1) is 0 Å². The fourth-order valence-electron chi connectivity index (χ4n) is 3.18. The van der Waals surface area contributed by atoms with Crippen LogP contribution in [-0.4, -0.2) is 39.8 Å². The summed E-state index contributed by atoms with van der Waals surface area (Å²) in [5, 5.41) is 2.69. The van der Waals surface area contributed by atoms with Gasteiger partial charge in [0, 0.05) is 0 Å². The molecule has 170 valence electrons. The van der Waals surface area contributed by atoms with Crippen LogP contribution in [0, 0.1) is 5.82 Å². The molecule has 6 nitrogen and oxygen atoms in total. The highest BCUT2D eigenvalue weighted by Gasteiger charge is 2.32. The first-order chi connectivity index (χ1) is 14.4. The minimum absolute atomic E-state index is 0.0470. The molecule has 0 saturated heterocycles. The fourth-order valence-corrected chi connectivity index (χ4v) is 4.39. The molecule has 2 aromatic rings. The Labute approximate surface area is 184 Å². The molecule has 0 aliphatic carbocycles. The van der Waals surface area contributed by atoms with Gasteiger partial charge in [0.1, 0.15) is 24.2 Å². The number of nitrogens with zero attached hydrogens (tertiary/aromatic N) is 1. The molecule has 0 radical (unpaired) electrons. The average Bonchev–Trinajstić information content (AvgIpc) is 2.69. The standard InChI is InChI=1S/C23H31FN2O4S/c1-6-20(26(31(5,28)29)21-10-8-7-9-19(21)24)22(27)25-15-16-30-18-13-11-17(12-14-18)23(2,3)4/h7-14,20H,6,15-16H2,1-5H3,(H,25,27). The van der Waals surface area contributed by atoms with Crippen LogP contribution in [0.15, 0.2) is 48.5 Å². The summed E-state index contributed by atoms with van der Waals surface area (Å²) in [6, 6.07) is 12.2. The average molecular weight is 451 g/mol. The monoisotopic (exact) mass is 450 g/mol. The summed E-state index contributed by atoms with van der Waals surface area (Å²) in [4.78, 5) is 12.7. The van der Waals surface area contributed by atoms with Gasteiger partial charge in [0.2, 0.25) is 15.9 Å². The lowest BCUT2D eigenvalue weighted by Crippen LogP contribution is -2.50. The van der Waals surface area contributed by atoms with E-state index in [0.717, 1.165) is 16.6 Å². The maximum atomic E-state index is 14.3. The predicted octanol–water partition coefficient (Wildman–Crippen LogP) is 3.86. The van der Waals surface area contributed by atoms with Crippen molar-refractivity contribution in [3.8, 4) is 5.75 Å². The Bertz CT molecular complexity index is 985. The second-order valence-corrected chi connectivity index (χ2v) is 10.2. The maximum Gasteiger partial charge on any atom is 0.244 e. The van der Waals surface area contributed by atoms with E-state index in [9.17, 15) is 17.6 Å². The zero-order valence-electron chi connectivity index (χ0n) is 18.7. The molecule has 8 heteroatoms. The van der Waals surface area contributed by atoms with Crippen LogP contribution in [-0.2, 0) is 20.2 Å². The summed E-state index contributed by atoms with van der Waals surface area (Å²) < 4.78 is 45.5. The Morgan fingerprint density at radius 2 is 1.74 bits per heavy atom. The van der Waals surface area contributed by atoms with Crippen LogP contribution in [0.2, 0.25) is 0 Å². The lowest BCUT2D eigenvalue weighted by Gasteiger charge is -2.30. The second kappa shape index (κ2) is 10.1. The van der Waals surface area contributed by atoms with Crippen molar-refractivity contribution in [1.29, 1.82) is 0 Å². The Morgan fingerprint density at radius 3 is 2.26 bits per heavy atom. The smallest absolute Gasteiger partial charge is 0.244 e. The number of anilines is 1. The summed E-state index contributed by atoms with van der Waals surface area (Å²) in [5.41, 5.74) is 1.08. The quantitative estimate of drug-likeness (QED) is 0.589. The van der Waals surface area contributed by atoms with Gasteiger partial charge in [0.15, 0.2) is 0 Å². The highest BCUT2D eigenvalue weighted by Crippen LogP contribution is 2.26. The van der Waals surface area contributed by atoms with Crippen LogP contribution < -0.4 is 14.4 Å². The zero-order valence-corrected chi connectivity index (χ0v) is 19.5. The molecule has 1 atom stereocenters. The number of carbonyl (C=O) groups excluding carboxylic acids is 1. The zero-order chi connectivity index (χ0) is 23.2. The van der Waals surface area contributed by atoms with Crippen molar-refractivity contribution in [2.75, 3.05) is 23.7 Å². The van der Waals surface area contributed by atoms with Crippen LogP contribution in [0.4, 0.5) is 10.1 Å². The molecule has 0 saturated carbocycles. The number of hydrogen-bond acceptors (Lipinski definition) is 4. The number of para-hydroxylation sites is 1. The van der Waals surface area contributed by atoms with E-state index < -0.39 is 27.8 Å². The molecule has 2 aromatic carbocycles. The van der Waals surface area contributed by atoms with Crippen molar-refractivity contribution < 1.29 is 22.3 Å². The molecule has 1 N–H and O–H groups in total. The first kappa shape index (κ1) is 24.7. The summed E-state index contributed by atoms with van der Waals surface area (Å²) in [6.07, 6.45) is 1.14. The SMILES string of the molecule is CCC(C(=O)NCCOc1ccc(C(C)(C)C)cc1)N(c1ccccc1F)S(C)(=O)=O. The van der Waals surface area contributed by atoms with E-state index in [1.54, 1.807) is 6.92 Å². The third kappa shape index (κ3) is 6.69. The Kier molecular flexibility index (Phi) is 8.06. The third-order valence-electron chi connectivity index (χ3n) is 4.81. The van der Waals surface area contributed by atoms with E-state index in [-0.39, 0.29) is 30.7 Å². The number of carbonyl (C=O) groups is 1. The molecule has 31 heavy (non-hydrogen) atoms. The molecule has 0 bridgehead atoms. The van der Waals surface area contributed by atoms with E-state index in [0.29, 0.717) is 5.75 Å². The lowest BCUT2D eigenvalue weighted by atomic mass is 9.87. The first-order valence-electron chi connectivity index (χ1n) is 10.2. The first-order valence-corrected chi connectivity index (χ1v) is 12.0. The maximum absolute atomic E-state index is 14.3. The minimum Gasteiger partial charge on any atom is -0.492 e. The summed E-state index contributed by atoms with van der Waals surface area (Å²) in [7, 11) is -3.89. The molecule has 1 amide bonds. The van der Waals surface area contributed by atoms with Crippen molar-refractivity contribution in [3.05, 3.63) is 59.9 Å². The van der Waals surface area contributed by atoms with E-state index in [1.807, 2.05) is 24.3 Å². The Morgan fingerprint density at radius 1 is 1.13 bits per heavy atom. The minimum atomic E-state index is -3.89. The van der Waals surface area contributed by atoms with Crippen LogP contribution >= 0.6 is 0 Å². The molecule has 1 unspecified atom stereocenters. The normalized spacial score (nSPS) is 12.8. The summed E-state index contributed by atoms with van der Waals surface area (Å²) in [6.45, 7) is 8.47. The van der Waals surface area contributed by atoms with Gasteiger partial charge in [0.25, 0.3) is 0 Å². The third-order valence-corrected chi connectivity index (χ3v) is 5.98. The topological polar surface area (TPSA) is 75.7 Å². The molecule has 0 heterocycles. The number of sulfonamides is 1. The van der Waals surface area contributed by atoms with Crippen LogP contribution in [0.1, 0.15) is 39.7 Å². The van der Waals surface area contributed by atoms with Gasteiger partial charge in [-0.05, 0) is 41.7 Å². The van der Waals surface area contributed by atoms with Crippen molar-refractivity contribution in [2.45, 2.75) is 45.6 Å². The van der Waals surface area contributed by atoms with Crippen molar-refractivity contribution in [3.63, 3.8) is 0 Å². The number of amides is 1. The molecule has 0 spiro atoms. The van der Waals surface area contributed by atoms with Gasteiger partial charge in [-0.2, -0.15) is 0 Å². The largest absolute Gasteiger partial charge is 0.492 e. The molecular weight excluding hydrogens is 419 g/mol. The predicted molar refractivity (Wildman–Crippen MR) is 121 cm³/mol. The van der Waals surface area contributed by atoms with Gasteiger partial charge in [0.05, 0.1) is 18.5 Å². The van der Waals surface area contributed by atoms with Crippen molar-refractivity contribution in [1.82, 2.24) is 5.32 Å². The van der Waals surface area contributed by atoms with Crippen LogP contribution in [0.5, 0.6) is 5.75 Å². The second-order valence-electron chi connectivity index (χ2n) is 8.35. The van der Waals surface area contributed by atoms with Gasteiger partial charge < -0.3 is 10.1 Å². The number of halogens is 1. The Balaban J connectivity index is 2.01. The van der Waals surface area contributed by atoms with Crippen LogP contribution in [0.3, 0.4) is 0 Å².